The van der Waals surface area contributed by atoms with Gasteiger partial charge >= 0.3 is 12.0 Å². The minimum absolute atomic E-state index is 0.0246. The fraction of sp³-hybridized carbons (Fsp3) is 0.857. The first kappa shape index (κ1) is 15.5. The minimum Gasteiger partial charge on any atom is -0.481 e. The van der Waals surface area contributed by atoms with Crippen molar-refractivity contribution >= 4 is 23.8 Å². The van der Waals surface area contributed by atoms with Crippen LogP contribution >= 0.6 is 11.8 Å². The van der Waals surface area contributed by atoms with Crippen LogP contribution in [-0.4, -0.2) is 64.1 Å². The summed E-state index contributed by atoms with van der Waals surface area (Å²) in [6.07, 6.45) is 2.04. The molecule has 2 aliphatic heterocycles. The molecule has 1 N–H and O–H groups in total. The topological polar surface area (TPSA) is 60.9 Å². The minimum atomic E-state index is -0.764. The monoisotopic (exact) mass is 300 g/mol. The summed E-state index contributed by atoms with van der Waals surface area (Å²) >= 11 is 1.87. The molecule has 0 saturated carbocycles. The molecule has 2 rings (SSSR count). The molecule has 5 nitrogen and oxygen atoms in total. The fourth-order valence-corrected chi connectivity index (χ4v) is 4.12. The number of hydrogen-bond acceptors (Lipinski definition) is 3. The van der Waals surface area contributed by atoms with Gasteiger partial charge in [0.1, 0.15) is 0 Å². The molecule has 2 amide bonds. The molecule has 114 valence electrons. The molecule has 6 heteroatoms. The lowest BCUT2D eigenvalue weighted by Gasteiger charge is -2.43. The van der Waals surface area contributed by atoms with Gasteiger partial charge in [-0.2, -0.15) is 11.8 Å². The predicted octanol–water partition coefficient (Wildman–Crippen LogP) is 2.12. The van der Waals surface area contributed by atoms with Crippen LogP contribution in [0.3, 0.4) is 0 Å². The Labute approximate surface area is 124 Å². The van der Waals surface area contributed by atoms with E-state index in [4.69, 9.17) is 0 Å². The van der Waals surface area contributed by atoms with Crippen LogP contribution in [-0.2, 0) is 4.79 Å². The maximum absolute atomic E-state index is 12.6. The van der Waals surface area contributed by atoms with Crippen molar-refractivity contribution in [2.24, 2.45) is 5.41 Å². The number of likely N-dealkylation sites (tertiary alicyclic amines) is 1. The van der Waals surface area contributed by atoms with Gasteiger partial charge in [0.15, 0.2) is 0 Å². The molecule has 0 aliphatic carbocycles. The van der Waals surface area contributed by atoms with Crippen LogP contribution in [0, 0.1) is 5.41 Å². The average molecular weight is 300 g/mol. The highest BCUT2D eigenvalue weighted by molar-refractivity contribution is 7.99. The van der Waals surface area contributed by atoms with Gasteiger partial charge in [0.05, 0.1) is 5.41 Å². The molecular formula is C14H24N2O3S. The van der Waals surface area contributed by atoms with E-state index in [9.17, 15) is 14.7 Å². The quantitative estimate of drug-likeness (QED) is 0.848. The number of aliphatic carboxylic acids is 1. The summed E-state index contributed by atoms with van der Waals surface area (Å²) in [6, 6.07) is 0.264. The molecule has 0 spiro atoms. The highest BCUT2D eigenvalue weighted by Gasteiger charge is 2.43. The Morgan fingerprint density at radius 2 is 2.15 bits per heavy atom. The second kappa shape index (κ2) is 6.24. The van der Waals surface area contributed by atoms with Crippen LogP contribution < -0.4 is 0 Å². The molecule has 0 radical (unpaired) electrons. The van der Waals surface area contributed by atoms with Gasteiger partial charge in [-0.05, 0) is 26.2 Å². The molecule has 2 aliphatic rings. The molecule has 2 atom stereocenters. The Bertz CT molecular complexity index is 391. The smallest absolute Gasteiger partial charge is 0.320 e. The molecule has 0 aromatic heterocycles. The lowest BCUT2D eigenvalue weighted by atomic mass is 9.78. The Morgan fingerprint density at radius 3 is 2.75 bits per heavy atom. The van der Waals surface area contributed by atoms with E-state index in [1.807, 2.05) is 23.6 Å². The molecule has 0 aromatic rings. The third-order valence-electron chi connectivity index (χ3n) is 4.59. The van der Waals surface area contributed by atoms with Crippen LogP contribution in [0.5, 0.6) is 0 Å². The molecule has 2 fully saturated rings. The van der Waals surface area contributed by atoms with E-state index < -0.39 is 11.4 Å². The van der Waals surface area contributed by atoms with Crippen molar-refractivity contribution in [3.63, 3.8) is 0 Å². The molecular weight excluding hydrogens is 276 g/mol. The zero-order valence-electron chi connectivity index (χ0n) is 12.3. The summed E-state index contributed by atoms with van der Waals surface area (Å²) in [5.74, 6) is 1.18. The molecule has 0 aromatic carbocycles. The van der Waals surface area contributed by atoms with Crippen molar-refractivity contribution in [1.29, 1.82) is 0 Å². The third-order valence-corrected chi connectivity index (χ3v) is 5.78. The van der Waals surface area contributed by atoms with Gasteiger partial charge in [-0.1, -0.05) is 6.92 Å². The third kappa shape index (κ3) is 2.90. The lowest BCUT2D eigenvalue weighted by Crippen LogP contribution is -2.56. The van der Waals surface area contributed by atoms with E-state index in [1.165, 1.54) is 0 Å². The molecule has 2 saturated heterocycles. The predicted molar refractivity (Wildman–Crippen MR) is 80.1 cm³/mol. The fourth-order valence-electron chi connectivity index (χ4n) is 3.10. The highest BCUT2D eigenvalue weighted by Crippen LogP contribution is 2.34. The van der Waals surface area contributed by atoms with Crippen molar-refractivity contribution in [3.8, 4) is 0 Å². The number of nitrogens with zero attached hydrogens (tertiary/aromatic N) is 2. The Morgan fingerprint density at radius 1 is 1.40 bits per heavy atom. The summed E-state index contributed by atoms with van der Waals surface area (Å²) in [5, 5.41) is 9.50. The SMILES string of the molecule is CCC1(C(=O)O)CCCN(C(=O)N2CCSCC2C)C1. The van der Waals surface area contributed by atoms with E-state index in [0.29, 0.717) is 25.9 Å². The van der Waals surface area contributed by atoms with Crippen LogP contribution in [0.2, 0.25) is 0 Å². The van der Waals surface area contributed by atoms with Gasteiger partial charge in [0.2, 0.25) is 0 Å². The number of carboxylic acids is 1. The summed E-state index contributed by atoms with van der Waals surface area (Å²) in [5.41, 5.74) is -0.748. The van der Waals surface area contributed by atoms with E-state index in [-0.39, 0.29) is 12.1 Å². The number of thioether (sulfide) groups is 1. The summed E-state index contributed by atoms with van der Waals surface area (Å²) in [4.78, 5) is 27.9. The first-order valence-corrected chi connectivity index (χ1v) is 8.52. The maximum atomic E-state index is 12.6. The van der Waals surface area contributed by atoms with E-state index in [0.717, 1.165) is 24.5 Å². The molecule has 2 heterocycles. The second-order valence-electron chi connectivity index (χ2n) is 5.86. The Hall–Kier alpha value is -0.910. The van der Waals surface area contributed by atoms with Crippen LogP contribution in [0.15, 0.2) is 0 Å². The van der Waals surface area contributed by atoms with E-state index in [1.54, 1.807) is 4.90 Å². The standard InChI is InChI=1S/C14H24N2O3S/c1-3-14(12(17)18)5-4-6-15(10-14)13(19)16-7-8-20-9-11(16)2/h11H,3-10H2,1-2H3,(H,17,18). The van der Waals surface area contributed by atoms with Gasteiger partial charge < -0.3 is 14.9 Å². The summed E-state index contributed by atoms with van der Waals surface area (Å²) in [7, 11) is 0. The normalized spacial score (nSPS) is 31.2. The molecule has 2 unspecified atom stereocenters. The first-order chi connectivity index (χ1) is 9.50. The zero-order valence-corrected chi connectivity index (χ0v) is 13.1. The number of piperidine rings is 1. The zero-order chi connectivity index (χ0) is 14.8. The average Bonchev–Trinajstić information content (AvgIpc) is 2.47. The Balaban J connectivity index is 2.08. The molecule has 0 bridgehead atoms. The maximum Gasteiger partial charge on any atom is 0.320 e. The number of hydrogen-bond donors (Lipinski definition) is 1. The Kier molecular flexibility index (Phi) is 4.83. The van der Waals surface area contributed by atoms with E-state index >= 15 is 0 Å². The molecule has 20 heavy (non-hydrogen) atoms. The van der Waals surface area contributed by atoms with E-state index in [2.05, 4.69) is 6.92 Å². The van der Waals surface area contributed by atoms with Crippen molar-refractivity contribution < 1.29 is 14.7 Å². The lowest BCUT2D eigenvalue weighted by molar-refractivity contribution is -0.152. The second-order valence-corrected chi connectivity index (χ2v) is 7.01. The number of carbonyl (C=O) groups excluding carboxylic acids is 1. The van der Waals surface area contributed by atoms with Gasteiger partial charge in [0, 0.05) is 37.2 Å². The van der Waals surface area contributed by atoms with Crippen LogP contribution in [0.4, 0.5) is 4.79 Å². The highest BCUT2D eigenvalue weighted by atomic mass is 32.2. The van der Waals surface area contributed by atoms with Crippen molar-refractivity contribution in [3.05, 3.63) is 0 Å². The van der Waals surface area contributed by atoms with Crippen molar-refractivity contribution in [2.45, 2.75) is 39.2 Å². The van der Waals surface area contributed by atoms with Gasteiger partial charge in [0.25, 0.3) is 0 Å². The van der Waals surface area contributed by atoms with Crippen molar-refractivity contribution in [1.82, 2.24) is 9.80 Å². The van der Waals surface area contributed by atoms with Gasteiger partial charge in [-0.25, -0.2) is 4.79 Å². The van der Waals surface area contributed by atoms with Crippen molar-refractivity contribution in [2.75, 3.05) is 31.1 Å². The van der Waals surface area contributed by atoms with Crippen LogP contribution in [0.1, 0.15) is 33.1 Å². The largest absolute Gasteiger partial charge is 0.481 e. The van der Waals surface area contributed by atoms with Gasteiger partial charge in [-0.3, -0.25) is 4.79 Å². The number of urea groups is 1. The summed E-state index contributed by atoms with van der Waals surface area (Å²) < 4.78 is 0. The number of carboxylic acid groups (broad SMARTS) is 1. The number of rotatable bonds is 2. The number of amides is 2. The van der Waals surface area contributed by atoms with Crippen LogP contribution in [0.25, 0.3) is 0 Å². The number of carbonyl (C=O) groups is 2. The summed E-state index contributed by atoms with van der Waals surface area (Å²) in [6.45, 7) is 5.78. The van der Waals surface area contributed by atoms with Gasteiger partial charge in [-0.15, -0.1) is 0 Å². The first-order valence-electron chi connectivity index (χ1n) is 7.37.